The van der Waals surface area contributed by atoms with Crippen molar-refractivity contribution in [3.05, 3.63) is 94.0 Å². The first-order valence-corrected chi connectivity index (χ1v) is 12.5. The molecule has 1 aliphatic heterocycles. The second-order valence-corrected chi connectivity index (χ2v) is 10.3. The third-order valence-corrected chi connectivity index (χ3v) is 7.17. The Balaban J connectivity index is 0.00000204. The molecule has 166 valence electrons. The minimum atomic E-state index is -4.82. The number of nitrogens with one attached hydrogen (secondary N) is 1. The topological polar surface area (TPSA) is 126 Å². The van der Waals surface area contributed by atoms with Crippen LogP contribution in [0.15, 0.2) is 70.5 Å². The van der Waals surface area contributed by atoms with Gasteiger partial charge in [0, 0.05) is 6.54 Å². The van der Waals surface area contributed by atoms with Gasteiger partial charge in [0.05, 0.1) is 15.8 Å². The van der Waals surface area contributed by atoms with Crippen LogP contribution in [0.5, 0.6) is 0 Å². The molecule has 0 fully saturated rings. The van der Waals surface area contributed by atoms with Crippen molar-refractivity contribution in [2.75, 3.05) is 0 Å². The van der Waals surface area contributed by atoms with E-state index in [0.717, 1.165) is 11.1 Å². The smallest absolute Gasteiger partial charge is 0.744 e. The van der Waals surface area contributed by atoms with Crippen molar-refractivity contribution in [2.24, 2.45) is 0 Å². The zero-order valence-electron chi connectivity index (χ0n) is 19.0. The summed E-state index contributed by atoms with van der Waals surface area (Å²) in [4.78, 5) is -0.834. The molecule has 0 saturated carbocycles. The molecule has 0 bridgehead atoms. The minimum absolute atomic E-state index is 0. The summed E-state index contributed by atoms with van der Waals surface area (Å²) in [7, 11) is -9.56. The Morgan fingerprint density at radius 1 is 0.824 bits per heavy atom. The summed E-state index contributed by atoms with van der Waals surface area (Å²) in [5.74, 6) is 0. The van der Waals surface area contributed by atoms with Crippen molar-refractivity contribution in [3.63, 3.8) is 0 Å². The van der Waals surface area contributed by atoms with Crippen molar-refractivity contribution in [2.45, 2.75) is 29.3 Å². The molecule has 3 aromatic rings. The van der Waals surface area contributed by atoms with Crippen LogP contribution in [0.1, 0.15) is 39.4 Å². The van der Waals surface area contributed by atoms with Gasteiger partial charge >= 0.3 is 59.1 Å². The van der Waals surface area contributed by atoms with Gasteiger partial charge in [-0.25, -0.2) is 16.8 Å². The summed E-state index contributed by atoms with van der Waals surface area (Å²) < 4.78 is 70.8. The maximum absolute atomic E-state index is 12.0. The zero-order chi connectivity index (χ0) is 23.1. The number of rotatable bonds is 5. The first-order chi connectivity index (χ1) is 15.0. The molecule has 1 unspecified atom stereocenters. The van der Waals surface area contributed by atoms with Crippen LogP contribution in [0.4, 0.5) is 0 Å². The summed E-state index contributed by atoms with van der Waals surface area (Å²) in [6.07, 6.45) is 2.64. The van der Waals surface area contributed by atoms with E-state index in [1.807, 2.05) is 24.3 Å². The van der Waals surface area contributed by atoms with Crippen LogP contribution in [-0.4, -0.2) is 25.9 Å². The van der Waals surface area contributed by atoms with Crippen LogP contribution in [0.25, 0.3) is 12.2 Å². The second kappa shape index (κ2) is 11.5. The normalized spacial score (nSPS) is 15.4. The second-order valence-electron chi connectivity index (χ2n) is 7.59. The third-order valence-electron chi connectivity index (χ3n) is 5.38. The van der Waals surface area contributed by atoms with Crippen molar-refractivity contribution in [1.82, 2.24) is 5.32 Å². The van der Waals surface area contributed by atoms with E-state index in [-0.39, 0.29) is 76.3 Å². The SMILES string of the molecule is Cc1ccc(/C=C/c2ccc(C3NCc4ccccc43)cc2S(=O)(=O)[O-])c(S(=O)(=O)[O-])c1.[Na+].[Na+]. The molecule has 34 heavy (non-hydrogen) atoms. The van der Waals surface area contributed by atoms with Crippen LogP contribution in [0.3, 0.4) is 0 Å². The predicted octanol–water partition coefficient (Wildman–Crippen LogP) is -2.83. The van der Waals surface area contributed by atoms with Gasteiger partial charge in [-0.1, -0.05) is 60.7 Å². The Morgan fingerprint density at radius 3 is 2.00 bits per heavy atom. The molecule has 7 nitrogen and oxygen atoms in total. The van der Waals surface area contributed by atoms with Gasteiger partial charge in [0.1, 0.15) is 20.2 Å². The molecular formula is C23H19NNa2O6S2. The van der Waals surface area contributed by atoms with Gasteiger partial charge in [-0.3, -0.25) is 0 Å². The van der Waals surface area contributed by atoms with Crippen molar-refractivity contribution in [1.29, 1.82) is 0 Å². The molecule has 0 radical (unpaired) electrons. The first kappa shape index (κ1) is 29.4. The quantitative estimate of drug-likeness (QED) is 0.221. The summed E-state index contributed by atoms with van der Waals surface area (Å²) in [6, 6.07) is 16.4. The van der Waals surface area contributed by atoms with Crippen molar-refractivity contribution >= 4 is 32.4 Å². The molecule has 1 N–H and O–H groups in total. The van der Waals surface area contributed by atoms with E-state index in [2.05, 4.69) is 5.32 Å². The molecule has 0 amide bonds. The van der Waals surface area contributed by atoms with E-state index in [9.17, 15) is 25.9 Å². The molecular weight excluding hydrogens is 496 g/mol. The molecule has 1 atom stereocenters. The molecule has 0 spiro atoms. The minimum Gasteiger partial charge on any atom is -0.744 e. The maximum Gasteiger partial charge on any atom is 1.00 e. The fourth-order valence-electron chi connectivity index (χ4n) is 3.86. The average molecular weight is 516 g/mol. The standard InChI is InChI=1S/C23H21NO6S2.2Na/c1-15-6-7-16(21(12-15)31(25,26)27)8-9-17-10-11-18(13-22(17)32(28,29)30)23-20-5-3-2-4-19(20)14-24-23;;/h2-13,23-24H,14H2,1H3,(H,25,26,27)(H,28,29,30);;/q;2*+1/p-2/b9-8+;;. The van der Waals surface area contributed by atoms with Crippen LogP contribution in [0.2, 0.25) is 0 Å². The average Bonchev–Trinajstić information content (AvgIpc) is 3.15. The van der Waals surface area contributed by atoms with Crippen molar-refractivity contribution in [3.8, 4) is 0 Å². The first-order valence-electron chi connectivity index (χ1n) is 9.70. The molecule has 11 heteroatoms. The monoisotopic (exact) mass is 515 g/mol. The van der Waals surface area contributed by atoms with Gasteiger partial charge in [0.15, 0.2) is 0 Å². The fourth-order valence-corrected chi connectivity index (χ4v) is 5.32. The van der Waals surface area contributed by atoms with Crippen LogP contribution in [0, 0.1) is 6.92 Å². The van der Waals surface area contributed by atoms with E-state index >= 15 is 0 Å². The van der Waals surface area contributed by atoms with E-state index in [4.69, 9.17) is 0 Å². The van der Waals surface area contributed by atoms with Gasteiger partial charge < -0.3 is 14.4 Å². The molecule has 1 aliphatic rings. The summed E-state index contributed by atoms with van der Waals surface area (Å²) in [6.45, 7) is 2.28. The number of aryl methyl sites for hydroxylation is 1. The van der Waals surface area contributed by atoms with Crippen LogP contribution < -0.4 is 64.4 Å². The fraction of sp³-hybridized carbons (Fsp3) is 0.130. The number of hydrogen-bond acceptors (Lipinski definition) is 7. The van der Waals surface area contributed by atoms with E-state index < -0.39 is 30.0 Å². The van der Waals surface area contributed by atoms with Gasteiger partial charge in [-0.2, -0.15) is 0 Å². The van der Waals surface area contributed by atoms with Crippen LogP contribution in [-0.2, 0) is 26.8 Å². The van der Waals surface area contributed by atoms with E-state index in [1.165, 1.54) is 36.4 Å². The van der Waals surface area contributed by atoms with Gasteiger partial charge in [-0.05, 0) is 52.4 Å². The molecule has 1 heterocycles. The third kappa shape index (κ3) is 6.48. The van der Waals surface area contributed by atoms with Gasteiger partial charge in [-0.15, -0.1) is 0 Å². The Hall–Kier alpha value is -0.820. The Labute approximate surface area is 243 Å². The number of benzene rings is 3. The van der Waals surface area contributed by atoms with Crippen molar-refractivity contribution < 1.29 is 85.1 Å². The summed E-state index contributed by atoms with van der Waals surface area (Å²) in [5, 5.41) is 3.31. The van der Waals surface area contributed by atoms with Crippen LogP contribution >= 0.6 is 0 Å². The number of hydrogen-bond donors (Lipinski definition) is 1. The maximum atomic E-state index is 12.0. The largest absolute Gasteiger partial charge is 1.00 e. The molecule has 4 rings (SSSR count). The Kier molecular flexibility index (Phi) is 9.94. The predicted molar refractivity (Wildman–Crippen MR) is 118 cm³/mol. The summed E-state index contributed by atoms with van der Waals surface area (Å²) >= 11 is 0. The summed E-state index contributed by atoms with van der Waals surface area (Å²) in [5.41, 5.74) is 3.53. The molecule has 3 aromatic carbocycles. The number of fused-ring (bicyclic) bond motifs is 1. The Bertz CT molecular complexity index is 1450. The molecule has 0 aromatic heterocycles. The van der Waals surface area contributed by atoms with Gasteiger partial charge in [0.25, 0.3) is 0 Å². The van der Waals surface area contributed by atoms with Gasteiger partial charge in [0.2, 0.25) is 0 Å². The van der Waals surface area contributed by atoms with E-state index in [1.54, 1.807) is 19.1 Å². The zero-order valence-corrected chi connectivity index (χ0v) is 24.6. The molecule has 0 aliphatic carbocycles. The Morgan fingerprint density at radius 2 is 1.38 bits per heavy atom. The van der Waals surface area contributed by atoms with E-state index in [0.29, 0.717) is 17.7 Å². The molecule has 0 saturated heterocycles.